The zero-order chi connectivity index (χ0) is 14.2. The van der Waals surface area contributed by atoms with Crippen molar-refractivity contribution in [2.45, 2.75) is 6.92 Å². The molecule has 0 bridgehead atoms. The van der Waals surface area contributed by atoms with E-state index in [0.29, 0.717) is 11.3 Å². The van der Waals surface area contributed by atoms with Crippen molar-refractivity contribution < 1.29 is 13.5 Å². The van der Waals surface area contributed by atoms with Gasteiger partial charge in [-0.05, 0) is 19.1 Å². The SMILES string of the molecule is Cc1nn(C)c(Oc2cccc(F)c2F)c1C(N)=S. The summed E-state index contributed by atoms with van der Waals surface area (Å²) in [5, 5.41) is 4.09. The lowest BCUT2D eigenvalue weighted by Crippen LogP contribution is -2.11. The van der Waals surface area contributed by atoms with E-state index in [-0.39, 0.29) is 16.6 Å². The van der Waals surface area contributed by atoms with Crippen LogP contribution in [0.2, 0.25) is 0 Å². The van der Waals surface area contributed by atoms with Gasteiger partial charge in [-0.1, -0.05) is 18.3 Å². The molecule has 0 amide bonds. The molecule has 0 radical (unpaired) electrons. The standard InChI is InChI=1S/C12H11F2N3OS/c1-6-9(11(15)19)12(17(2)16-6)18-8-5-3-4-7(13)10(8)14/h3-5H,1-2H3,(H2,15,19). The number of rotatable bonds is 3. The van der Waals surface area contributed by atoms with E-state index in [1.165, 1.54) is 16.8 Å². The molecule has 1 aromatic heterocycles. The van der Waals surface area contributed by atoms with Gasteiger partial charge in [0.15, 0.2) is 11.6 Å². The Morgan fingerprint density at radius 2 is 2.11 bits per heavy atom. The number of thiocarbonyl (C=S) groups is 1. The number of aryl methyl sites for hydroxylation is 2. The van der Waals surface area contributed by atoms with Gasteiger partial charge in [-0.25, -0.2) is 9.07 Å². The molecule has 100 valence electrons. The topological polar surface area (TPSA) is 53.1 Å². The summed E-state index contributed by atoms with van der Waals surface area (Å²) in [5.74, 6) is -2.14. The minimum absolute atomic E-state index is 0.0809. The van der Waals surface area contributed by atoms with Gasteiger partial charge in [0, 0.05) is 7.05 Å². The van der Waals surface area contributed by atoms with Crippen molar-refractivity contribution in [3.63, 3.8) is 0 Å². The molecular weight excluding hydrogens is 272 g/mol. The number of hydrogen-bond donors (Lipinski definition) is 1. The lowest BCUT2D eigenvalue weighted by molar-refractivity contribution is 0.387. The lowest BCUT2D eigenvalue weighted by atomic mass is 10.2. The lowest BCUT2D eigenvalue weighted by Gasteiger charge is -2.09. The Morgan fingerprint density at radius 1 is 1.42 bits per heavy atom. The van der Waals surface area contributed by atoms with Crippen molar-refractivity contribution >= 4 is 17.2 Å². The molecule has 19 heavy (non-hydrogen) atoms. The predicted octanol–water partition coefficient (Wildman–Crippen LogP) is 2.43. The summed E-state index contributed by atoms with van der Waals surface area (Å²) in [7, 11) is 1.60. The maximum Gasteiger partial charge on any atom is 0.228 e. The normalized spacial score (nSPS) is 10.5. The van der Waals surface area contributed by atoms with Crippen molar-refractivity contribution in [3.8, 4) is 11.6 Å². The molecule has 4 nitrogen and oxygen atoms in total. The summed E-state index contributed by atoms with van der Waals surface area (Å²) in [4.78, 5) is 0.0809. The highest BCUT2D eigenvalue weighted by atomic mass is 32.1. The number of aromatic nitrogens is 2. The van der Waals surface area contributed by atoms with E-state index in [2.05, 4.69) is 5.10 Å². The number of nitrogens with zero attached hydrogens (tertiary/aromatic N) is 2. The molecule has 2 rings (SSSR count). The van der Waals surface area contributed by atoms with E-state index in [1.54, 1.807) is 14.0 Å². The number of nitrogens with two attached hydrogens (primary N) is 1. The van der Waals surface area contributed by atoms with E-state index in [4.69, 9.17) is 22.7 Å². The monoisotopic (exact) mass is 283 g/mol. The smallest absolute Gasteiger partial charge is 0.228 e. The molecule has 2 N–H and O–H groups in total. The fourth-order valence-electron chi connectivity index (χ4n) is 1.70. The van der Waals surface area contributed by atoms with E-state index in [1.807, 2.05) is 0 Å². The Kier molecular flexibility index (Phi) is 3.48. The first-order chi connectivity index (χ1) is 8.91. The van der Waals surface area contributed by atoms with Crippen LogP contribution in [-0.2, 0) is 7.05 Å². The van der Waals surface area contributed by atoms with Crippen LogP contribution in [0.1, 0.15) is 11.3 Å². The van der Waals surface area contributed by atoms with E-state index < -0.39 is 11.6 Å². The van der Waals surface area contributed by atoms with E-state index in [0.717, 1.165) is 6.07 Å². The van der Waals surface area contributed by atoms with Crippen LogP contribution in [0.4, 0.5) is 8.78 Å². The van der Waals surface area contributed by atoms with Crippen LogP contribution >= 0.6 is 12.2 Å². The maximum absolute atomic E-state index is 13.6. The predicted molar refractivity (Wildman–Crippen MR) is 70.3 cm³/mol. The first-order valence-electron chi connectivity index (χ1n) is 5.37. The zero-order valence-corrected chi connectivity index (χ0v) is 11.1. The van der Waals surface area contributed by atoms with Crippen LogP contribution in [-0.4, -0.2) is 14.8 Å². The first-order valence-corrected chi connectivity index (χ1v) is 5.78. The average molecular weight is 283 g/mol. The molecule has 0 unspecified atom stereocenters. The fourth-order valence-corrected chi connectivity index (χ4v) is 1.94. The summed E-state index contributed by atoms with van der Waals surface area (Å²) in [6.45, 7) is 1.70. The molecule has 0 spiro atoms. The molecule has 0 atom stereocenters. The maximum atomic E-state index is 13.6. The van der Waals surface area contributed by atoms with Gasteiger partial charge in [0.25, 0.3) is 0 Å². The van der Waals surface area contributed by atoms with Crippen LogP contribution in [0.15, 0.2) is 18.2 Å². The highest BCUT2D eigenvalue weighted by Gasteiger charge is 2.19. The summed E-state index contributed by atoms with van der Waals surface area (Å²) in [5.41, 5.74) is 6.54. The van der Waals surface area contributed by atoms with Gasteiger partial charge in [-0.2, -0.15) is 9.49 Å². The molecule has 0 saturated carbocycles. The molecule has 1 aromatic carbocycles. The molecular formula is C12H11F2N3OS. The third-order valence-electron chi connectivity index (χ3n) is 2.54. The summed E-state index contributed by atoms with van der Waals surface area (Å²) in [6.07, 6.45) is 0. The third kappa shape index (κ3) is 2.41. The van der Waals surface area contributed by atoms with Crippen molar-refractivity contribution in [2.24, 2.45) is 12.8 Å². The Morgan fingerprint density at radius 3 is 2.74 bits per heavy atom. The van der Waals surface area contributed by atoms with Crippen molar-refractivity contribution in [1.29, 1.82) is 0 Å². The van der Waals surface area contributed by atoms with Gasteiger partial charge in [-0.15, -0.1) is 0 Å². The summed E-state index contributed by atoms with van der Waals surface area (Å²) in [6, 6.07) is 3.66. The molecule has 0 saturated heterocycles. The van der Waals surface area contributed by atoms with E-state index in [9.17, 15) is 8.78 Å². The fraction of sp³-hybridized carbons (Fsp3) is 0.167. The molecule has 0 aliphatic carbocycles. The van der Waals surface area contributed by atoms with Crippen LogP contribution in [0.25, 0.3) is 0 Å². The van der Waals surface area contributed by atoms with Crippen LogP contribution < -0.4 is 10.5 Å². The summed E-state index contributed by atoms with van der Waals surface area (Å²) >= 11 is 4.90. The second-order valence-electron chi connectivity index (χ2n) is 3.91. The van der Waals surface area contributed by atoms with Gasteiger partial charge < -0.3 is 10.5 Å². The highest BCUT2D eigenvalue weighted by molar-refractivity contribution is 7.80. The van der Waals surface area contributed by atoms with Gasteiger partial charge in [0.1, 0.15) is 4.99 Å². The Hall–Kier alpha value is -2.02. The van der Waals surface area contributed by atoms with E-state index >= 15 is 0 Å². The number of benzene rings is 1. The van der Waals surface area contributed by atoms with Crippen LogP contribution in [0.5, 0.6) is 11.6 Å². The average Bonchev–Trinajstić information content (AvgIpc) is 2.60. The Bertz CT molecular complexity index is 655. The first kappa shape index (κ1) is 13.4. The minimum Gasteiger partial charge on any atom is -0.435 e. The summed E-state index contributed by atoms with van der Waals surface area (Å²) < 4.78 is 33.4. The van der Waals surface area contributed by atoms with Gasteiger partial charge in [0.2, 0.25) is 11.7 Å². The molecule has 1 heterocycles. The molecule has 7 heteroatoms. The number of halogens is 2. The Balaban J connectivity index is 2.49. The zero-order valence-electron chi connectivity index (χ0n) is 10.3. The van der Waals surface area contributed by atoms with Crippen molar-refractivity contribution in [2.75, 3.05) is 0 Å². The minimum atomic E-state index is -1.07. The van der Waals surface area contributed by atoms with Gasteiger partial charge in [0.05, 0.1) is 11.3 Å². The third-order valence-corrected chi connectivity index (χ3v) is 2.74. The molecule has 0 fully saturated rings. The van der Waals surface area contributed by atoms with Gasteiger partial charge in [-0.3, -0.25) is 0 Å². The molecule has 2 aromatic rings. The van der Waals surface area contributed by atoms with Crippen molar-refractivity contribution in [1.82, 2.24) is 9.78 Å². The second kappa shape index (κ2) is 4.93. The number of ether oxygens (including phenoxy) is 1. The number of hydrogen-bond acceptors (Lipinski definition) is 3. The van der Waals surface area contributed by atoms with Gasteiger partial charge >= 0.3 is 0 Å². The largest absolute Gasteiger partial charge is 0.435 e. The van der Waals surface area contributed by atoms with Crippen LogP contribution in [0.3, 0.4) is 0 Å². The van der Waals surface area contributed by atoms with Crippen molar-refractivity contribution in [3.05, 3.63) is 41.1 Å². The quantitative estimate of drug-likeness (QED) is 0.879. The Labute approximate surface area is 113 Å². The molecule has 0 aliphatic heterocycles. The van der Waals surface area contributed by atoms with Crippen LogP contribution in [0, 0.1) is 18.6 Å². The highest BCUT2D eigenvalue weighted by Crippen LogP contribution is 2.29. The molecule has 0 aliphatic rings. The second-order valence-corrected chi connectivity index (χ2v) is 4.35.